The number of carbonyl (C=O) groups is 1. The summed E-state index contributed by atoms with van der Waals surface area (Å²) in [5, 5.41) is 0.917. The fourth-order valence-electron chi connectivity index (χ4n) is 4.18. The van der Waals surface area contributed by atoms with Crippen LogP contribution in [0.15, 0.2) is 35.1 Å². The van der Waals surface area contributed by atoms with Crippen molar-refractivity contribution >= 4 is 28.5 Å². The van der Waals surface area contributed by atoms with E-state index in [4.69, 9.17) is 25.8 Å². The van der Waals surface area contributed by atoms with E-state index >= 15 is 0 Å². The van der Waals surface area contributed by atoms with Gasteiger partial charge in [-0.2, -0.15) is 0 Å². The highest BCUT2D eigenvalue weighted by molar-refractivity contribution is 6.31. The highest BCUT2D eigenvalue weighted by atomic mass is 35.5. The molecule has 3 aromatic rings. The van der Waals surface area contributed by atoms with E-state index in [2.05, 4.69) is 14.9 Å². The fourth-order valence-corrected chi connectivity index (χ4v) is 4.35. The molecule has 0 fully saturated rings. The first-order valence-corrected chi connectivity index (χ1v) is 10.6. The number of hydrogen-bond acceptors (Lipinski definition) is 7. The molecule has 0 spiro atoms. The molecule has 32 heavy (non-hydrogen) atoms. The van der Waals surface area contributed by atoms with Gasteiger partial charge in [0.1, 0.15) is 5.82 Å². The van der Waals surface area contributed by atoms with E-state index in [1.54, 1.807) is 32.4 Å². The van der Waals surface area contributed by atoms with E-state index in [0.717, 1.165) is 17.5 Å². The Morgan fingerprint density at radius 2 is 1.94 bits per heavy atom. The van der Waals surface area contributed by atoms with Crippen molar-refractivity contribution in [2.24, 2.45) is 0 Å². The first-order chi connectivity index (χ1) is 15.4. The van der Waals surface area contributed by atoms with Crippen LogP contribution in [0.3, 0.4) is 0 Å². The monoisotopic (exact) mass is 457 g/mol. The number of fused-ring (bicyclic) bond motifs is 2. The zero-order valence-electron chi connectivity index (χ0n) is 18.1. The Hall–Kier alpha value is -3.10. The summed E-state index contributed by atoms with van der Waals surface area (Å²) in [6.07, 6.45) is 0.910. The van der Waals surface area contributed by atoms with E-state index in [1.165, 1.54) is 7.11 Å². The van der Waals surface area contributed by atoms with Gasteiger partial charge in [-0.1, -0.05) is 11.6 Å². The molecule has 1 aromatic heterocycles. The number of carbonyl (C=O) groups excluding carboxylic acids is 1. The number of H-pyrrole nitrogens is 1. The van der Waals surface area contributed by atoms with Gasteiger partial charge in [0, 0.05) is 17.6 Å². The highest BCUT2D eigenvalue weighted by Gasteiger charge is 2.31. The second-order valence-corrected chi connectivity index (χ2v) is 8.03. The molecule has 8 nitrogen and oxygen atoms in total. The molecule has 2 aromatic carbocycles. The van der Waals surface area contributed by atoms with Crippen molar-refractivity contribution in [1.29, 1.82) is 0 Å². The van der Waals surface area contributed by atoms with Gasteiger partial charge < -0.3 is 19.2 Å². The van der Waals surface area contributed by atoms with Crippen LogP contribution in [0, 0.1) is 0 Å². The molecule has 0 bridgehead atoms. The van der Waals surface area contributed by atoms with Crippen LogP contribution in [0.2, 0.25) is 5.02 Å². The number of aromatic amines is 1. The molecular formula is C23H24ClN3O5. The number of halogens is 1. The highest BCUT2D eigenvalue weighted by Crippen LogP contribution is 2.40. The van der Waals surface area contributed by atoms with Gasteiger partial charge in [-0.05, 0) is 47.9 Å². The first kappa shape index (κ1) is 22.1. The van der Waals surface area contributed by atoms with Gasteiger partial charge in [0.15, 0.2) is 11.5 Å². The number of nitrogens with zero attached hydrogens (tertiary/aromatic N) is 2. The molecule has 1 N–H and O–H groups in total. The van der Waals surface area contributed by atoms with Crippen molar-refractivity contribution < 1.29 is 19.0 Å². The van der Waals surface area contributed by atoms with Crippen molar-refractivity contribution in [1.82, 2.24) is 14.9 Å². The predicted octanol–water partition coefficient (Wildman–Crippen LogP) is 3.26. The number of rotatable bonds is 6. The van der Waals surface area contributed by atoms with Crippen molar-refractivity contribution in [3.05, 3.63) is 62.7 Å². The van der Waals surface area contributed by atoms with Gasteiger partial charge in [0.2, 0.25) is 0 Å². The van der Waals surface area contributed by atoms with E-state index in [9.17, 15) is 9.59 Å². The molecule has 1 atom stereocenters. The average Bonchev–Trinajstić information content (AvgIpc) is 2.80. The molecule has 0 aliphatic carbocycles. The van der Waals surface area contributed by atoms with Crippen LogP contribution in [0.4, 0.5) is 0 Å². The third-order valence-electron chi connectivity index (χ3n) is 5.77. The van der Waals surface area contributed by atoms with Gasteiger partial charge in [-0.25, -0.2) is 4.98 Å². The second kappa shape index (κ2) is 9.18. The number of ether oxygens (including phenoxy) is 3. The Morgan fingerprint density at radius 3 is 2.66 bits per heavy atom. The first-order valence-electron chi connectivity index (χ1n) is 10.2. The van der Waals surface area contributed by atoms with Crippen LogP contribution in [-0.2, 0) is 22.5 Å². The van der Waals surface area contributed by atoms with Crippen LogP contribution < -0.4 is 15.0 Å². The molecular weight excluding hydrogens is 434 g/mol. The summed E-state index contributed by atoms with van der Waals surface area (Å²) in [5.41, 5.74) is 2.37. The third kappa shape index (κ3) is 4.28. The summed E-state index contributed by atoms with van der Waals surface area (Å²) in [6.45, 7) is 1.04. The summed E-state index contributed by atoms with van der Waals surface area (Å²) in [6, 6.07) is 8.63. The summed E-state index contributed by atoms with van der Waals surface area (Å²) in [7, 11) is 4.55. The number of esters is 1. The lowest BCUT2D eigenvalue weighted by molar-refractivity contribution is -0.142. The molecule has 0 saturated heterocycles. The van der Waals surface area contributed by atoms with Crippen molar-refractivity contribution in [3.8, 4) is 11.5 Å². The van der Waals surface area contributed by atoms with Gasteiger partial charge in [-0.15, -0.1) is 0 Å². The quantitative estimate of drug-likeness (QED) is 0.568. The summed E-state index contributed by atoms with van der Waals surface area (Å²) < 4.78 is 15.9. The molecule has 0 saturated carbocycles. The Morgan fingerprint density at radius 1 is 1.19 bits per heavy atom. The van der Waals surface area contributed by atoms with E-state index in [-0.39, 0.29) is 24.0 Å². The average molecular weight is 458 g/mol. The minimum atomic E-state index is -0.322. The number of nitrogens with one attached hydrogen (secondary N) is 1. The van der Waals surface area contributed by atoms with Crippen LogP contribution in [0.25, 0.3) is 10.9 Å². The maximum Gasteiger partial charge on any atom is 0.307 e. The smallest absolute Gasteiger partial charge is 0.307 e. The van der Waals surface area contributed by atoms with Gasteiger partial charge in [-0.3, -0.25) is 14.5 Å². The fraction of sp³-hybridized carbons (Fsp3) is 0.348. The summed E-state index contributed by atoms with van der Waals surface area (Å²) in [4.78, 5) is 34.4. The molecule has 1 aliphatic rings. The van der Waals surface area contributed by atoms with E-state index in [1.807, 2.05) is 12.1 Å². The largest absolute Gasteiger partial charge is 0.493 e. The summed E-state index contributed by atoms with van der Waals surface area (Å²) >= 11 is 6.01. The van der Waals surface area contributed by atoms with Gasteiger partial charge in [0.05, 0.1) is 45.2 Å². The predicted molar refractivity (Wildman–Crippen MR) is 120 cm³/mol. The number of hydrogen-bond donors (Lipinski definition) is 1. The minimum Gasteiger partial charge on any atom is -0.493 e. The lowest BCUT2D eigenvalue weighted by atomic mass is 9.90. The molecule has 9 heteroatoms. The topological polar surface area (TPSA) is 93.8 Å². The molecule has 4 rings (SSSR count). The van der Waals surface area contributed by atoms with Crippen LogP contribution in [0.1, 0.15) is 29.4 Å². The molecule has 0 radical (unpaired) electrons. The van der Waals surface area contributed by atoms with Crippen LogP contribution >= 0.6 is 11.6 Å². The molecule has 0 unspecified atom stereocenters. The van der Waals surface area contributed by atoms with Crippen LogP contribution in [-0.4, -0.2) is 48.7 Å². The Kier molecular flexibility index (Phi) is 6.34. The lowest BCUT2D eigenvalue weighted by Gasteiger charge is -2.37. The van der Waals surface area contributed by atoms with Crippen molar-refractivity contribution in [2.45, 2.75) is 25.4 Å². The van der Waals surface area contributed by atoms with Crippen molar-refractivity contribution in [2.75, 3.05) is 27.9 Å². The molecule has 168 valence electrons. The minimum absolute atomic E-state index is 0.159. The normalized spacial score (nSPS) is 15.9. The number of benzene rings is 2. The maximum atomic E-state index is 12.6. The zero-order valence-corrected chi connectivity index (χ0v) is 18.9. The van der Waals surface area contributed by atoms with E-state index in [0.29, 0.717) is 46.3 Å². The zero-order chi connectivity index (χ0) is 22.8. The molecule has 1 aliphatic heterocycles. The number of aromatic nitrogens is 2. The summed E-state index contributed by atoms with van der Waals surface area (Å²) in [5.74, 6) is 1.44. The lowest BCUT2D eigenvalue weighted by Crippen LogP contribution is -2.37. The second-order valence-electron chi connectivity index (χ2n) is 7.60. The molecule has 2 heterocycles. The van der Waals surface area contributed by atoms with E-state index < -0.39 is 0 Å². The van der Waals surface area contributed by atoms with Crippen LogP contribution in [0.5, 0.6) is 11.5 Å². The third-order valence-corrected chi connectivity index (χ3v) is 6.01. The van der Waals surface area contributed by atoms with Crippen molar-refractivity contribution in [3.63, 3.8) is 0 Å². The van der Waals surface area contributed by atoms with Gasteiger partial charge in [0.25, 0.3) is 5.56 Å². The standard InChI is InChI=1S/C23H24ClN3O5/c1-30-19-8-13-6-7-27(18(11-22(28)32-3)15(13)10-20(19)31-2)12-21-25-17-5-4-14(24)9-16(17)23(29)26-21/h4-5,8-10,18H,6-7,11-12H2,1-3H3,(H,25,26,29)/t18-/m1/s1. The Labute approximate surface area is 190 Å². The Bertz CT molecular complexity index is 1230. The Balaban J connectivity index is 1.72. The SMILES string of the molecule is COC(=O)C[C@@H]1c2cc(OC)c(OC)cc2CCN1Cc1nc2ccc(Cl)cc2c(=O)[nH]1. The molecule has 0 amide bonds. The maximum absolute atomic E-state index is 12.6. The van der Waals surface area contributed by atoms with Gasteiger partial charge >= 0.3 is 5.97 Å². The number of methoxy groups -OCH3 is 3.